The topological polar surface area (TPSA) is 35.2 Å². The quantitative estimate of drug-likeness (QED) is 0.779. The molecule has 0 bridgehead atoms. The third-order valence-corrected chi connectivity index (χ3v) is 2.77. The standard InChI is InChI=1S/C11H15NO.ClH/c1-13-11-7-6-10(12)8-4-2-3-5-9(8)11;/h2-5,10-11H,6-7,12H2,1H3;1H/t10-,11-;/m0./s1. The number of halogens is 1. The molecule has 2 nitrogen and oxygen atoms in total. The van der Waals surface area contributed by atoms with Crippen molar-refractivity contribution in [3.05, 3.63) is 35.4 Å². The monoisotopic (exact) mass is 213 g/mol. The van der Waals surface area contributed by atoms with E-state index < -0.39 is 0 Å². The van der Waals surface area contributed by atoms with Gasteiger partial charge < -0.3 is 10.5 Å². The lowest BCUT2D eigenvalue weighted by Crippen LogP contribution is -2.21. The van der Waals surface area contributed by atoms with Crippen LogP contribution in [0, 0.1) is 0 Å². The van der Waals surface area contributed by atoms with Crippen molar-refractivity contribution in [2.75, 3.05) is 7.11 Å². The lowest BCUT2D eigenvalue weighted by molar-refractivity contribution is 0.0845. The molecule has 1 aromatic rings. The van der Waals surface area contributed by atoms with Gasteiger partial charge in [0.2, 0.25) is 0 Å². The lowest BCUT2D eigenvalue weighted by atomic mass is 9.86. The maximum Gasteiger partial charge on any atom is 0.0825 e. The van der Waals surface area contributed by atoms with Crippen LogP contribution >= 0.6 is 12.4 Å². The molecule has 0 fully saturated rings. The van der Waals surface area contributed by atoms with Gasteiger partial charge in [0.1, 0.15) is 0 Å². The van der Waals surface area contributed by atoms with E-state index in [0.717, 1.165) is 12.8 Å². The molecule has 1 aliphatic rings. The fourth-order valence-corrected chi connectivity index (χ4v) is 2.03. The van der Waals surface area contributed by atoms with E-state index in [0.29, 0.717) is 0 Å². The first-order chi connectivity index (χ1) is 6.33. The highest BCUT2D eigenvalue weighted by atomic mass is 35.5. The van der Waals surface area contributed by atoms with Gasteiger partial charge in [-0.05, 0) is 24.0 Å². The summed E-state index contributed by atoms with van der Waals surface area (Å²) in [5.41, 5.74) is 8.53. The summed E-state index contributed by atoms with van der Waals surface area (Å²) < 4.78 is 5.41. The molecule has 0 radical (unpaired) electrons. The zero-order chi connectivity index (χ0) is 9.26. The smallest absolute Gasteiger partial charge is 0.0825 e. The molecular formula is C11H16ClNO. The third-order valence-electron chi connectivity index (χ3n) is 2.77. The number of benzene rings is 1. The summed E-state index contributed by atoms with van der Waals surface area (Å²) in [6.07, 6.45) is 2.31. The largest absolute Gasteiger partial charge is 0.377 e. The molecule has 0 amide bonds. The second-order valence-corrected chi connectivity index (χ2v) is 3.54. The minimum Gasteiger partial charge on any atom is -0.377 e. The Morgan fingerprint density at radius 3 is 2.50 bits per heavy atom. The van der Waals surface area contributed by atoms with Crippen molar-refractivity contribution >= 4 is 12.4 Å². The number of hydrogen-bond donors (Lipinski definition) is 1. The SMILES string of the molecule is CO[C@H]1CC[C@H](N)c2ccccc21.Cl. The van der Waals surface area contributed by atoms with Crippen LogP contribution in [0.25, 0.3) is 0 Å². The van der Waals surface area contributed by atoms with Gasteiger partial charge in [0.25, 0.3) is 0 Å². The normalized spacial score (nSPS) is 25.0. The summed E-state index contributed by atoms with van der Waals surface area (Å²) >= 11 is 0. The van der Waals surface area contributed by atoms with Crippen LogP contribution in [0.3, 0.4) is 0 Å². The van der Waals surface area contributed by atoms with Gasteiger partial charge in [0.05, 0.1) is 6.10 Å². The summed E-state index contributed by atoms with van der Waals surface area (Å²) in [7, 11) is 1.76. The Bertz CT molecular complexity index is 303. The van der Waals surface area contributed by atoms with E-state index in [1.807, 2.05) is 12.1 Å². The number of ether oxygens (including phenoxy) is 1. The molecule has 0 heterocycles. The molecule has 14 heavy (non-hydrogen) atoms. The second-order valence-electron chi connectivity index (χ2n) is 3.54. The highest BCUT2D eigenvalue weighted by Gasteiger charge is 2.23. The number of methoxy groups -OCH3 is 1. The first-order valence-corrected chi connectivity index (χ1v) is 4.70. The molecule has 0 saturated carbocycles. The van der Waals surface area contributed by atoms with Crippen molar-refractivity contribution in [2.24, 2.45) is 5.73 Å². The fourth-order valence-electron chi connectivity index (χ4n) is 2.03. The summed E-state index contributed by atoms with van der Waals surface area (Å²) in [6.45, 7) is 0. The van der Waals surface area contributed by atoms with E-state index in [9.17, 15) is 0 Å². The lowest BCUT2D eigenvalue weighted by Gasteiger charge is -2.28. The van der Waals surface area contributed by atoms with Gasteiger partial charge in [-0.3, -0.25) is 0 Å². The van der Waals surface area contributed by atoms with E-state index in [2.05, 4.69) is 12.1 Å². The summed E-state index contributed by atoms with van der Waals surface area (Å²) in [4.78, 5) is 0. The molecule has 0 unspecified atom stereocenters. The van der Waals surface area contributed by atoms with Gasteiger partial charge >= 0.3 is 0 Å². The predicted molar refractivity (Wildman–Crippen MR) is 59.6 cm³/mol. The summed E-state index contributed by atoms with van der Waals surface area (Å²) in [5, 5.41) is 0. The Kier molecular flexibility index (Phi) is 3.93. The molecule has 2 N–H and O–H groups in total. The van der Waals surface area contributed by atoms with E-state index in [1.165, 1.54) is 11.1 Å². The highest BCUT2D eigenvalue weighted by molar-refractivity contribution is 5.85. The van der Waals surface area contributed by atoms with Gasteiger partial charge in [0, 0.05) is 13.2 Å². The molecule has 78 valence electrons. The van der Waals surface area contributed by atoms with Crippen LogP contribution < -0.4 is 5.73 Å². The summed E-state index contributed by atoms with van der Waals surface area (Å²) in [5.74, 6) is 0. The van der Waals surface area contributed by atoms with Crippen molar-refractivity contribution in [2.45, 2.75) is 25.0 Å². The van der Waals surface area contributed by atoms with Crippen LogP contribution in [0.5, 0.6) is 0 Å². The predicted octanol–water partition coefficient (Wildman–Crippen LogP) is 2.59. The molecule has 1 aliphatic carbocycles. The average Bonchev–Trinajstić information content (AvgIpc) is 2.19. The Balaban J connectivity index is 0.000000980. The van der Waals surface area contributed by atoms with Crippen molar-refractivity contribution < 1.29 is 4.74 Å². The Morgan fingerprint density at radius 1 is 1.21 bits per heavy atom. The molecule has 2 rings (SSSR count). The zero-order valence-corrected chi connectivity index (χ0v) is 9.09. The fraction of sp³-hybridized carbons (Fsp3) is 0.455. The molecule has 1 aromatic carbocycles. The van der Waals surface area contributed by atoms with Gasteiger partial charge in [-0.15, -0.1) is 12.4 Å². The van der Waals surface area contributed by atoms with Crippen LogP contribution in [0.1, 0.15) is 36.1 Å². The molecule has 0 saturated heterocycles. The first-order valence-electron chi connectivity index (χ1n) is 4.70. The maximum absolute atomic E-state index is 6.01. The number of fused-ring (bicyclic) bond motifs is 1. The van der Waals surface area contributed by atoms with Crippen LogP contribution in [0.4, 0.5) is 0 Å². The number of nitrogens with two attached hydrogens (primary N) is 1. The number of rotatable bonds is 1. The zero-order valence-electron chi connectivity index (χ0n) is 8.27. The van der Waals surface area contributed by atoms with Crippen LogP contribution in [0.2, 0.25) is 0 Å². The molecule has 0 spiro atoms. The van der Waals surface area contributed by atoms with Crippen LogP contribution in [0.15, 0.2) is 24.3 Å². The van der Waals surface area contributed by atoms with Gasteiger partial charge in [-0.25, -0.2) is 0 Å². The van der Waals surface area contributed by atoms with Gasteiger partial charge in [0.15, 0.2) is 0 Å². The Hall–Kier alpha value is -0.570. The Morgan fingerprint density at radius 2 is 1.86 bits per heavy atom. The van der Waals surface area contributed by atoms with Crippen molar-refractivity contribution in [3.63, 3.8) is 0 Å². The first kappa shape index (κ1) is 11.5. The van der Waals surface area contributed by atoms with E-state index in [4.69, 9.17) is 10.5 Å². The minimum absolute atomic E-state index is 0. The third kappa shape index (κ3) is 1.92. The van der Waals surface area contributed by atoms with Crippen LogP contribution in [-0.4, -0.2) is 7.11 Å². The van der Waals surface area contributed by atoms with E-state index in [-0.39, 0.29) is 24.6 Å². The summed E-state index contributed by atoms with van der Waals surface area (Å²) in [6, 6.07) is 8.50. The molecule has 0 aromatic heterocycles. The number of hydrogen-bond acceptors (Lipinski definition) is 2. The van der Waals surface area contributed by atoms with Gasteiger partial charge in [-0.2, -0.15) is 0 Å². The maximum atomic E-state index is 6.01. The second kappa shape index (κ2) is 4.78. The molecule has 3 heteroatoms. The van der Waals surface area contributed by atoms with Gasteiger partial charge in [-0.1, -0.05) is 24.3 Å². The molecular weight excluding hydrogens is 198 g/mol. The molecule has 0 aliphatic heterocycles. The van der Waals surface area contributed by atoms with E-state index >= 15 is 0 Å². The van der Waals surface area contributed by atoms with Crippen molar-refractivity contribution in [3.8, 4) is 0 Å². The van der Waals surface area contributed by atoms with Crippen molar-refractivity contribution in [1.82, 2.24) is 0 Å². The minimum atomic E-state index is 0. The average molecular weight is 214 g/mol. The van der Waals surface area contributed by atoms with Crippen LogP contribution in [-0.2, 0) is 4.74 Å². The highest BCUT2D eigenvalue weighted by Crippen LogP contribution is 2.36. The Labute approximate surface area is 90.9 Å². The molecule has 2 atom stereocenters. The van der Waals surface area contributed by atoms with E-state index in [1.54, 1.807) is 7.11 Å². The van der Waals surface area contributed by atoms with Crippen molar-refractivity contribution in [1.29, 1.82) is 0 Å².